The van der Waals surface area contributed by atoms with Crippen molar-refractivity contribution in [3.8, 4) is 0 Å². The van der Waals surface area contributed by atoms with Crippen LogP contribution in [0.5, 0.6) is 0 Å². The molecule has 0 spiro atoms. The summed E-state index contributed by atoms with van der Waals surface area (Å²) in [5.41, 5.74) is 1.86. The van der Waals surface area contributed by atoms with Gasteiger partial charge in [0, 0.05) is 18.7 Å². The lowest BCUT2D eigenvalue weighted by Gasteiger charge is -2.17. The third-order valence-electron chi connectivity index (χ3n) is 3.87. The van der Waals surface area contributed by atoms with Gasteiger partial charge in [0.2, 0.25) is 5.91 Å². The summed E-state index contributed by atoms with van der Waals surface area (Å²) in [7, 11) is -3.65. The van der Waals surface area contributed by atoms with Gasteiger partial charge in [-0.05, 0) is 43.2 Å². The zero-order valence-electron chi connectivity index (χ0n) is 12.8. The highest BCUT2D eigenvalue weighted by atomic mass is 32.2. The summed E-state index contributed by atoms with van der Waals surface area (Å²) >= 11 is 0. The Labute approximate surface area is 136 Å². The molecular formula is C17H18N2O3S. The normalized spacial score (nSPS) is 15.0. The minimum absolute atomic E-state index is 0.0731. The fraction of sp³-hybridized carbons (Fsp3) is 0.235. The number of aryl methyl sites for hydroxylation is 1. The highest BCUT2D eigenvalue weighted by Gasteiger charge is 2.22. The van der Waals surface area contributed by atoms with Crippen molar-refractivity contribution in [2.75, 3.05) is 16.2 Å². The third kappa shape index (κ3) is 3.22. The number of rotatable bonds is 4. The number of hydrogen-bond acceptors (Lipinski definition) is 3. The van der Waals surface area contributed by atoms with Gasteiger partial charge in [-0.1, -0.05) is 24.3 Å². The van der Waals surface area contributed by atoms with Crippen LogP contribution in [0, 0.1) is 6.92 Å². The van der Waals surface area contributed by atoms with Gasteiger partial charge in [-0.25, -0.2) is 8.42 Å². The first kappa shape index (κ1) is 15.6. The van der Waals surface area contributed by atoms with E-state index in [4.69, 9.17) is 0 Å². The smallest absolute Gasteiger partial charge is 0.262 e. The Morgan fingerprint density at radius 3 is 2.57 bits per heavy atom. The lowest BCUT2D eigenvalue weighted by Crippen LogP contribution is -2.23. The van der Waals surface area contributed by atoms with E-state index < -0.39 is 10.0 Å². The van der Waals surface area contributed by atoms with Gasteiger partial charge in [-0.15, -0.1) is 0 Å². The van der Waals surface area contributed by atoms with E-state index in [1.165, 1.54) is 0 Å². The van der Waals surface area contributed by atoms with Crippen LogP contribution in [-0.2, 0) is 14.8 Å². The van der Waals surface area contributed by atoms with E-state index in [2.05, 4.69) is 4.72 Å². The molecule has 0 atom stereocenters. The Balaban J connectivity index is 1.89. The van der Waals surface area contributed by atoms with E-state index in [1.54, 1.807) is 54.3 Å². The van der Waals surface area contributed by atoms with Crippen LogP contribution in [0.4, 0.5) is 11.4 Å². The van der Waals surface area contributed by atoms with Crippen LogP contribution in [0.2, 0.25) is 0 Å². The number of carbonyl (C=O) groups is 1. The summed E-state index contributed by atoms with van der Waals surface area (Å²) < 4.78 is 27.6. The molecule has 5 nitrogen and oxygen atoms in total. The van der Waals surface area contributed by atoms with Gasteiger partial charge in [-0.3, -0.25) is 9.52 Å². The minimum Gasteiger partial charge on any atom is -0.312 e. The number of carbonyl (C=O) groups excluding carboxylic acids is 1. The lowest BCUT2D eigenvalue weighted by molar-refractivity contribution is -0.117. The Morgan fingerprint density at radius 2 is 1.87 bits per heavy atom. The van der Waals surface area contributed by atoms with Gasteiger partial charge in [0.25, 0.3) is 10.0 Å². The number of sulfonamides is 1. The Hall–Kier alpha value is -2.34. The first-order valence-electron chi connectivity index (χ1n) is 7.46. The van der Waals surface area contributed by atoms with E-state index >= 15 is 0 Å². The van der Waals surface area contributed by atoms with Gasteiger partial charge >= 0.3 is 0 Å². The fourth-order valence-corrected chi connectivity index (χ4v) is 4.02. The zero-order valence-corrected chi connectivity index (χ0v) is 13.6. The predicted octanol–water partition coefficient (Wildman–Crippen LogP) is 2.92. The van der Waals surface area contributed by atoms with Crippen LogP contribution >= 0.6 is 0 Å². The lowest BCUT2D eigenvalue weighted by atomic mass is 10.2. The molecule has 1 aliphatic heterocycles. The molecule has 2 aromatic carbocycles. The maximum atomic E-state index is 12.5. The maximum absolute atomic E-state index is 12.5. The van der Waals surface area contributed by atoms with E-state index in [0.717, 1.165) is 12.1 Å². The van der Waals surface area contributed by atoms with Crippen LogP contribution in [0.25, 0.3) is 0 Å². The number of anilines is 2. The minimum atomic E-state index is -3.65. The molecule has 1 N–H and O–H groups in total. The van der Waals surface area contributed by atoms with E-state index in [9.17, 15) is 13.2 Å². The first-order valence-corrected chi connectivity index (χ1v) is 8.94. The number of hydrogen-bond donors (Lipinski definition) is 1. The van der Waals surface area contributed by atoms with Gasteiger partial charge in [-0.2, -0.15) is 0 Å². The van der Waals surface area contributed by atoms with Gasteiger partial charge in [0.05, 0.1) is 10.6 Å². The quantitative estimate of drug-likeness (QED) is 0.937. The molecule has 0 radical (unpaired) electrons. The van der Waals surface area contributed by atoms with E-state index in [1.807, 2.05) is 6.07 Å². The summed E-state index contributed by atoms with van der Waals surface area (Å²) in [6.45, 7) is 2.43. The second kappa shape index (κ2) is 6.04. The van der Waals surface area contributed by atoms with Crippen LogP contribution in [0.3, 0.4) is 0 Å². The zero-order chi connectivity index (χ0) is 16.4. The van der Waals surface area contributed by atoms with Gasteiger partial charge in [0.15, 0.2) is 0 Å². The Kier molecular flexibility index (Phi) is 4.09. The molecule has 2 aromatic rings. The second-order valence-electron chi connectivity index (χ2n) is 5.57. The summed E-state index contributed by atoms with van der Waals surface area (Å²) in [5, 5.41) is 0. The van der Waals surface area contributed by atoms with Gasteiger partial charge in [0.1, 0.15) is 0 Å². The van der Waals surface area contributed by atoms with E-state index in [-0.39, 0.29) is 10.8 Å². The molecule has 0 aliphatic carbocycles. The molecule has 120 valence electrons. The van der Waals surface area contributed by atoms with Crippen molar-refractivity contribution >= 4 is 27.3 Å². The van der Waals surface area contributed by atoms with Crippen LogP contribution in [-0.4, -0.2) is 20.9 Å². The summed E-state index contributed by atoms with van der Waals surface area (Å²) in [4.78, 5) is 13.8. The monoisotopic (exact) mass is 330 g/mol. The molecule has 1 fully saturated rings. The van der Waals surface area contributed by atoms with Gasteiger partial charge < -0.3 is 4.90 Å². The highest BCUT2D eigenvalue weighted by Crippen LogP contribution is 2.26. The van der Waals surface area contributed by atoms with Crippen molar-refractivity contribution in [1.29, 1.82) is 0 Å². The standard InChI is InChI=1S/C17H18N2O3S/c1-13-6-2-3-9-16(13)23(21,22)18-14-7-4-8-15(12-14)19-11-5-10-17(19)20/h2-4,6-9,12,18H,5,10-11H2,1H3. The summed E-state index contributed by atoms with van der Waals surface area (Å²) in [6.07, 6.45) is 1.37. The Bertz CT molecular complexity index is 846. The number of amides is 1. The molecule has 0 saturated carbocycles. The Morgan fingerprint density at radius 1 is 1.09 bits per heavy atom. The maximum Gasteiger partial charge on any atom is 0.262 e. The summed E-state index contributed by atoms with van der Waals surface area (Å²) in [5.74, 6) is 0.0731. The molecule has 1 saturated heterocycles. The second-order valence-corrected chi connectivity index (χ2v) is 7.22. The average molecular weight is 330 g/mol. The van der Waals surface area contributed by atoms with Crippen molar-refractivity contribution in [1.82, 2.24) is 0 Å². The van der Waals surface area contributed by atoms with Crippen molar-refractivity contribution in [2.24, 2.45) is 0 Å². The third-order valence-corrected chi connectivity index (χ3v) is 5.41. The molecule has 1 heterocycles. The topological polar surface area (TPSA) is 66.5 Å². The predicted molar refractivity (Wildman–Crippen MR) is 90.0 cm³/mol. The SMILES string of the molecule is Cc1ccccc1S(=O)(=O)Nc1cccc(N2CCCC2=O)c1. The first-order chi connectivity index (χ1) is 11.0. The molecule has 0 unspecified atom stereocenters. The van der Waals surface area contributed by atoms with E-state index in [0.29, 0.717) is 24.2 Å². The molecule has 0 bridgehead atoms. The molecule has 1 aliphatic rings. The van der Waals surface area contributed by atoms with Crippen molar-refractivity contribution in [2.45, 2.75) is 24.7 Å². The van der Waals surface area contributed by atoms with Crippen LogP contribution < -0.4 is 9.62 Å². The molecule has 1 amide bonds. The summed E-state index contributed by atoms with van der Waals surface area (Å²) in [6, 6.07) is 13.8. The average Bonchev–Trinajstić information content (AvgIpc) is 2.93. The van der Waals surface area contributed by atoms with Crippen LogP contribution in [0.1, 0.15) is 18.4 Å². The fourth-order valence-electron chi connectivity index (χ4n) is 2.73. The molecule has 3 rings (SSSR count). The molecular weight excluding hydrogens is 312 g/mol. The number of nitrogens with one attached hydrogen (secondary N) is 1. The van der Waals surface area contributed by atoms with Crippen molar-refractivity contribution < 1.29 is 13.2 Å². The molecule has 6 heteroatoms. The molecule has 0 aromatic heterocycles. The molecule has 23 heavy (non-hydrogen) atoms. The largest absolute Gasteiger partial charge is 0.312 e. The number of nitrogens with zero attached hydrogens (tertiary/aromatic N) is 1. The highest BCUT2D eigenvalue weighted by molar-refractivity contribution is 7.92. The number of benzene rings is 2. The van der Waals surface area contributed by atoms with Crippen molar-refractivity contribution in [3.63, 3.8) is 0 Å². The van der Waals surface area contributed by atoms with Crippen molar-refractivity contribution in [3.05, 3.63) is 54.1 Å². The van der Waals surface area contributed by atoms with Crippen LogP contribution in [0.15, 0.2) is 53.4 Å².